The third-order valence-corrected chi connectivity index (χ3v) is 16.6. The number of rotatable bonds is 17. The van der Waals surface area contributed by atoms with Crippen LogP contribution in [0.4, 0.5) is 5.69 Å². The number of anilines is 1. The second kappa shape index (κ2) is 25.2. The fourth-order valence-corrected chi connectivity index (χ4v) is 11.5. The third kappa shape index (κ3) is 13.8. The number of hydrogen-bond donors (Lipinski definition) is 7. The van der Waals surface area contributed by atoms with Gasteiger partial charge in [-0.2, -0.15) is 0 Å². The number of benzene rings is 4. The molecule has 0 radical (unpaired) electrons. The van der Waals surface area contributed by atoms with Gasteiger partial charge in [0.25, 0.3) is 5.91 Å². The van der Waals surface area contributed by atoms with E-state index in [2.05, 4.69) is 61.5 Å². The topological polar surface area (TPSA) is 219 Å². The van der Waals surface area contributed by atoms with E-state index in [1.165, 1.54) is 11.1 Å². The van der Waals surface area contributed by atoms with Crippen molar-refractivity contribution in [3.05, 3.63) is 136 Å². The summed E-state index contributed by atoms with van der Waals surface area (Å²) in [5, 5.41) is 21.4. The van der Waals surface area contributed by atoms with Gasteiger partial charge in [0.15, 0.2) is 0 Å². The molecular weight excluding hydrogens is 1010 g/mol. The molecule has 4 aliphatic rings. The summed E-state index contributed by atoms with van der Waals surface area (Å²) in [6.07, 6.45) is 5.29. The van der Waals surface area contributed by atoms with Gasteiger partial charge in [-0.1, -0.05) is 108 Å². The number of nitrogens with one attached hydrogen (secondary N) is 7. The Morgan fingerprint density at radius 3 is 1.65 bits per heavy atom. The van der Waals surface area contributed by atoms with Gasteiger partial charge in [-0.05, 0) is 141 Å². The van der Waals surface area contributed by atoms with Crippen LogP contribution in [0.1, 0.15) is 149 Å². The van der Waals surface area contributed by atoms with Crippen LogP contribution in [0.25, 0.3) is 0 Å². The number of likely N-dealkylation sites (tertiary alicyclic amines) is 1. The second-order valence-corrected chi connectivity index (χ2v) is 24.4. The Morgan fingerprint density at radius 1 is 0.613 bits per heavy atom. The molecule has 1 saturated heterocycles. The predicted molar refractivity (Wildman–Crippen MR) is 308 cm³/mol. The van der Waals surface area contributed by atoms with Crippen molar-refractivity contribution in [2.75, 3.05) is 26.0 Å². The summed E-state index contributed by atoms with van der Waals surface area (Å²) in [5.41, 5.74) is 6.53. The number of carbonyl (C=O) groups excluding carboxylic acids is 7. The molecule has 0 spiro atoms. The summed E-state index contributed by atoms with van der Waals surface area (Å²) in [7, 11) is 3.36. The van der Waals surface area contributed by atoms with Crippen LogP contribution in [0.5, 0.6) is 0 Å². The molecule has 2 aliphatic heterocycles. The lowest BCUT2D eigenvalue weighted by Gasteiger charge is -2.42. The lowest BCUT2D eigenvalue weighted by molar-refractivity contribution is -0.147. The summed E-state index contributed by atoms with van der Waals surface area (Å²) in [4.78, 5) is 102. The zero-order chi connectivity index (χ0) is 57.6. The van der Waals surface area contributed by atoms with Gasteiger partial charge >= 0.3 is 0 Å². The minimum atomic E-state index is -0.945. The zero-order valence-corrected chi connectivity index (χ0v) is 48.3. The molecule has 7 amide bonds. The van der Waals surface area contributed by atoms with Crippen molar-refractivity contribution < 1.29 is 38.3 Å². The molecule has 0 bridgehead atoms. The van der Waals surface area contributed by atoms with E-state index in [1.54, 1.807) is 68.1 Å². The Morgan fingerprint density at radius 2 is 1.12 bits per heavy atom. The molecule has 0 aromatic heterocycles. The lowest BCUT2D eigenvalue weighted by atomic mass is 9.83. The molecule has 80 heavy (non-hydrogen) atoms. The van der Waals surface area contributed by atoms with E-state index in [-0.39, 0.29) is 86.0 Å². The van der Waals surface area contributed by atoms with E-state index in [9.17, 15) is 33.6 Å². The third-order valence-electron chi connectivity index (χ3n) is 16.6. The maximum Gasteiger partial charge on any atom is 0.255 e. The quantitative estimate of drug-likeness (QED) is 0.0622. The highest BCUT2D eigenvalue weighted by molar-refractivity contribution is 6.04. The normalized spacial score (nSPS) is 21.3. The van der Waals surface area contributed by atoms with Gasteiger partial charge in [0.1, 0.15) is 24.2 Å². The van der Waals surface area contributed by atoms with E-state index in [1.807, 2.05) is 77.9 Å². The van der Waals surface area contributed by atoms with Gasteiger partial charge in [-0.25, -0.2) is 0 Å². The Bertz CT molecular complexity index is 2930. The van der Waals surface area contributed by atoms with Crippen LogP contribution in [0, 0.1) is 10.8 Å². The number of hydrogen-bond acceptors (Lipinski definition) is 10. The van der Waals surface area contributed by atoms with Crippen molar-refractivity contribution in [1.82, 2.24) is 41.7 Å². The van der Waals surface area contributed by atoms with Crippen molar-refractivity contribution in [3.63, 3.8) is 0 Å². The number of nitrogens with zero attached hydrogens (tertiary/aromatic N) is 2. The van der Waals surface area contributed by atoms with Gasteiger partial charge in [0, 0.05) is 37.2 Å². The molecule has 2 aliphatic carbocycles. The molecule has 4 aromatic rings. The molecule has 1 fully saturated rings. The Balaban J connectivity index is 0.956. The second-order valence-electron chi connectivity index (χ2n) is 24.4. The maximum atomic E-state index is 14.9. The maximum absolute atomic E-state index is 14.9. The molecule has 4 aromatic carbocycles. The van der Waals surface area contributed by atoms with Gasteiger partial charge < -0.3 is 51.8 Å². The SMILES string of the molecule is CNC(C)C(=O)NC(C(=O)N1Cc2cc(NC(=O)c3ccc(CO[C@H]4C[C@@H](C(=O)N[C@@H]5CCCc6ccccc65)N(C(=O)C(NC(=O)C(C)NC)C(C)(C)C)C4)cc3)ccc2CC1C(=O)N[C@@H]1CCCc2ccccc21)C(C)(C)C. The summed E-state index contributed by atoms with van der Waals surface area (Å²) < 4.78 is 6.47. The Kier molecular flexibility index (Phi) is 18.7. The number of fused-ring (bicyclic) bond motifs is 3. The van der Waals surface area contributed by atoms with Crippen LogP contribution in [-0.4, -0.2) is 114 Å². The van der Waals surface area contributed by atoms with Crippen LogP contribution in [0.3, 0.4) is 0 Å². The number of amides is 7. The molecule has 17 nitrogen and oxygen atoms in total. The highest BCUT2D eigenvalue weighted by atomic mass is 16.5. The van der Waals surface area contributed by atoms with E-state index in [4.69, 9.17) is 4.74 Å². The molecule has 428 valence electrons. The summed E-state index contributed by atoms with van der Waals surface area (Å²) in [5.74, 6) is -2.27. The van der Waals surface area contributed by atoms with Crippen LogP contribution in [0.2, 0.25) is 0 Å². The van der Waals surface area contributed by atoms with Crippen LogP contribution >= 0.6 is 0 Å². The minimum Gasteiger partial charge on any atom is -0.372 e. The number of likely N-dealkylation sites (N-methyl/N-ethyl adjacent to an activating group) is 2. The van der Waals surface area contributed by atoms with E-state index < -0.39 is 53.2 Å². The fraction of sp³-hybridized carbons (Fsp3) is 0.508. The molecule has 17 heteroatoms. The van der Waals surface area contributed by atoms with Gasteiger partial charge in [0.2, 0.25) is 35.4 Å². The van der Waals surface area contributed by atoms with Crippen molar-refractivity contribution in [2.24, 2.45) is 10.8 Å². The van der Waals surface area contributed by atoms with Gasteiger partial charge in [-0.15, -0.1) is 0 Å². The smallest absolute Gasteiger partial charge is 0.255 e. The van der Waals surface area contributed by atoms with Gasteiger partial charge in [0.05, 0.1) is 36.9 Å². The largest absolute Gasteiger partial charge is 0.372 e. The average Bonchev–Trinajstić information content (AvgIpc) is 3.96. The summed E-state index contributed by atoms with van der Waals surface area (Å²) >= 11 is 0. The zero-order valence-electron chi connectivity index (χ0n) is 48.3. The molecule has 7 N–H and O–H groups in total. The summed E-state index contributed by atoms with van der Waals surface area (Å²) in [6.45, 7) is 15.2. The molecule has 2 heterocycles. The van der Waals surface area contributed by atoms with Crippen molar-refractivity contribution in [2.45, 2.75) is 174 Å². The van der Waals surface area contributed by atoms with E-state index >= 15 is 0 Å². The molecule has 5 unspecified atom stereocenters. The van der Waals surface area contributed by atoms with Gasteiger partial charge in [-0.3, -0.25) is 33.6 Å². The highest BCUT2D eigenvalue weighted by Gasteiger charge is 2.47. The standard InChI is InChI=1S/C63H83N9O8/c1-37(64-9)55(73)69-53(62(3,4)5)60(78)71-34-44-31-45(30-29-43(44)32-51(71)58(76)67-49-23-15-19-40-17-11-13-21-47(40)49)66-57(75)42-27-25-39(26-28-42)36-80-46-33-52(59(77)68-50-24-16-20-41-18-12-14-22-48(41)50)72(35-46)61(79)54(63(6,7)8)70-56(74)38(2)65-10/h11-14,17-18,21-22,25-31,37-38,46,49-54,64-65H,15-16,19-20,23-24,32-36H2,1-10H3,(H,66,75)(H,67,76)(H,68,77)(H,69,73)(H,70,74)/t37?,38?,46-,49+,50+,51?,52-,53?,54?/m0/s1. The lowest BCUT2D eigenvalue weighted by Crippen LogP contribution is -2.62. The van der Waals surface area contributed by atoms with Crippen LogP contribution < -0.4 is 37.2 Å². The van der Waals surface area contributed by atoms with Crippen LogP contribution in [-0.2, 0) is 65.9 Å². The molecule has 0 saturated carbocycles. The van der Waals surface area contributed by atoms with Crippen molar-refractivity contribution >= 4 is 47.0 Å². The van der Waals surface area contributed by atoms with Crippen LogP contribution in [0.15, 0.2) is 91.0 Å². The Labute approximate surface area is 471 Å². The number of carbonyl (C=O) groups is 7. The summed E-state index contributed by atoms with van der Waals surface area (Å²) in [6, 6.07) is 23.8. The average molecular weight is 1090 g/mol. The first-order valence-electron chi connectivity index (χ1n) is 28.5. The van der Waals surface area contributed by atoms with Crippen molar-refractivity contribution in [1.29, 1.82) is 0 Å². The molecule has 8 rings (SSSR count). The Hall–Kier alpha value is -6.95. The molecular formula is C63H83N9O8. The highest BCUT2D eigenvalue weighted by Crippen LogP contribution is 2.35. The van der Waals surface area contributed by atoms with E-state index in [0.717, 1.165) is 66.3 Å². The minimum absolute atomic E-state index is 0.0764. The van der Waals surface area contributed by atoms with Crippen molar-refractivity contribution in [3.8, 4) is 0 Å². The number of ether oxygens (including phenoxy) is 1. The first-order valence-corrected chi connectivity index (χ1v) is 28.5. The van der Waals surface area contributed by atoms with E-state index in [0.29, 0.717) is 11.3 Å². The fourth-order valence-electron chi connectivity index (χ4n) is 11.5. The first-order chi connectivity index (χ1) is 38.0. The first kappa shape index (κ1) is 59.2. The number of aryl methyl sites for hydroxylation is 2. The predicted octanol–water partition coefficient (Wildman–Crippen LogP) is 6.34. The molecule has 9 atom stereocenters. The monoisotopic (exact) mass is 1090 g/mol.